The van der Waals surface area contributed by atoms with Crippen molar-refractivity contribution in [3.05, 3.63) is 62.1 Å². The number of nitrogens with two attached hydrogens (primary N) is 1. The van der Waals surface area contributed by atoms with Crippen LogP contribution < -0.4 is 5.73 Å². The van der Waals surface area contributed by atoms with E-state index in [2.05, 4.69) is 20.9 Å². The van der Waals surface area contributed by atoms with Gasteiger partial charge >= 0.3 is 0 Å². The average molecular weight is 378 g/mol. The van der Waals surface area contributed by atoms with Gasteiger partial charge in [0.25, 0.3) is 0 Å². The number of rotatable bonds is 3. The van der Waals surface area contributed by atoms with Crippen LogP contribution in [0.4, 0.5) is 4.39 Å². The number of benzene rings is 1. The number of hydrogen-bond donors (Lipinski definition) is 1. The Hall–Kier alpha value is -0.680. The molecular formula is C14H12BrCl2FN2. The minimum absolute atomic E-state index is 0.0151. The minimum atomic E-state index is -0.828. The lowest BCUT2D eigenvalue weighted by molar-refractivity contribution is 0.486. The number of aromatic nitrogens is 1. The third-order valence-electron chi connectivity index (χ3n) is 2.96. The number of hydrogen-bond acceptors (Lipinski definition) is 2. The van der Waals surface area contributed by atoms with Crippen molar-refractivity contribution in [1.29, 1.82) is 0 Å². The Morgan fingerprint density at radius 3 is 2.60 bits per heavy atom. The summed E-state index contributed by atoms with van der Waals surface area (Å²) in [5.41, 5.74) is 6.92. The second kappa shape index (κ2) is 5.98. The lowest BCUT2D eigenvalue weighted by Gasteiger charge is -2.26. The Morgan fingerprint density at radius 1 is 1.25 bits per heavy atom. The molecule has 0 bridgehead atoms. The standard InChI is InChI=1S/C14H12BrCl2FN2/c1-14(19,5-8-2-9(15)7-20-6-8)10-3-13(18)12(17)4-11(10)16/h2-4,6-7H,5,19H2,1H3. The van der Waals surface area contributed by atoms with E-state index in [-0.39, 0.29) is 5.02 Å². The zero-order chi connectivity index (χ0) is 14.9. The summed E-state index contributed by atoms with van der Waals surface area (Å²) in [7, 11) is 0. The molecule has 0 spiro atoms. The van der Waals surface area contributed by atoms with Crippen molar-refractivity contribution < 1.29 is 4.39 Å². The molecule has 1 unspecified atom stereocenters. The van der Waals surface area contributed by atoms with E-state index in [0.717, 1.165) is 10.0 Å². The zero-order valence-corrected chi connectivity index (χ0v) is 13.7. The monoisotopic (exact) mass is 376 g/mol. The number of pyridine rings is 1. The molecule has 20 heavy (non-hydrogen) atoms. The van der Waals surface area contributed by atoms with Crippen LogP contribution in [0.2, 0.25) is 10.0 Å². The molecule has 0 fully saturated rings. The van der Waals surface area contributed by atoms with Crippen molar-refractivity contribution in [3.63, 3.8) is 0 Å². The fourth-order valence-electron chi connectivity index (χ4n) is 2.03. The van der Waals surface area contributed by atoms with Gasteiger partial charge in [0.1, 0.15) is 5.82 Å². The maximum atomic E-state index is 13.6. The van der Waals surface area contributed by atoms with E-state index in [9.17, 15) is 4.39 Å². The van der Waals surface area contributed by atoms with Gasteiger partial charge in [-0.05, 0) is 58.6 Å². The van der Waals surface area contributed by atoms with Crippen molar-refractivity contribution in [2.24, 2.45) is 5.73 Å². The fraction of sp³-hybridized carbons (Fsp3) is 0.214. The van der Waals surface area contributed by atoms with Crippen LogP contribution in [0.3, 0.4) is 0 Å². The molecule has 1 atom stereocenters. The first-order valence-corrected chi connectivity index (χ1v) is 7.38. The summed E-state index contributed by atoms with van der Waals surface area (Å²) >= 11 is 15.2. The second-order valence-electron chi connectivity index (χ2n) is 4.85. The predicted octanol–water partition coefficient (Wildman–Crippen LogP) is 4.71. The molecule has 0 aliphatic carbocycles. The molecule has 106 valence electrons. The average Bonchev–Trinajstić information content (AvgIpc) is 2.33. The predicted molar refractivity (Wildman–Crippen MR) is 83.6 cm³/mol. The molecule has 0 saturated carbocycles. The largest absolute Gasteiger partial charge is 0.321 e. The van der Waals surface area contributed by atoms with Crippen LogP contribution in [0.5, 0.6) is 0 Å². The Kier molecular flexibility index (Phi) is 4.69. The van der Waals surface area contributed by atoms with Gasteiger partial charge in [-0.3, -0.25) is 4.98 Å². The van der Waals surface area contributed by atoms with Gasteiger partial charge in [0.05, 0.1) is 5.02 Å². The highest BCUT2D eigenvalue weighted by molar-refractivity contribution is 9.10. The quantitative estimate of drug-likeness (QED) is 0.787. The van der Waals surface area contributed by atoms with Crippen LogP contribution in [0, 0.1) is 5.82 Å². The SMILES string of the molecule is CC(N)(Cc1cncc(Br)c1)c1cc(F)c(Cl)cc1Cl. The summed E-state index contributed by atoms with van der Waals surface area (Å²) in [4.78, 5) is 4.09. The molecule has 2 nitrogen and oxygen atoms in total. The Bertz CT molecular complexity index is 647. The van der Waals surface area contributed by atoms with E-state index < -0.39 is 11.4 Å². The summed E-state index contributed by atoms with van der Waals surface area (Å²) in [6.45, 7) is 1.79. The second-order valence-corrected chi connectivity index (χ2v) is 6.58. The van der Waals surface area contributed by atoms with Gasteiger partial charge in [-0.2, -0.15) is 0 Å². The summed E-state index contributed by atoms with van der Waals surface area (Å²) < 4.78 is 14.5. The Morgan fingerprint density at radius 2 is 1.95 bits per heavy atom. The zero-order valence-electron chi connectivity index (χ0n) is 10.6. The van der Waals surface area contributed by atoms with Crippen molar-refractivity contribution in [1.82, 2.24) is 4.98 Å². The van der Waals surface area contributed by atoms with Crippen molar-refractivity contribution in [3.8, 4) is 0 Å². The van der Waals surface area contributed by atoms with Gasteiger partial charge in [0, 0.05) is 27.4 Å². The van der Waals surface area contributed by atoms with Crippen molar-refractivity contribution >= 4 is 39.1 Å². The molecule has 1 aromatic heterocycles. The van der Waals surface area contributed by atoms with E-state index in [0.29, 0.717) is 17.0 Å². The highest BCUT2D eigenvalue weighted by atomic mass is 79.9. The molecule has 1 aromatic carbocycles. The molecule has 1 heterocycles. The highest BCUT2D eigenvalue weighted by Crippen LogP contribution is 2.33. The van der Waals surface area contributed by atoms with Crippen molar-refractivity contribution in [2.75, 3.05) is 0 Å². The van der Waals surface area contributed by atoms with Crippen LogP contribution in [-0.4, -0.2) is 4.98 Å². The molecular weight excluding hydrogens is 366 g/mol. The van der Waals surface area contributed by atoms with E-state index in [1.807, 2.05) is 6.07 Å². The van der Waals surface area contributed by atoms with Crippen LogP contribution >= 0.6 is 39.1 Å². The van der Waals surface area contributed by atoms with Crippen molar-refractivity contribution in [2.45, 2.75) is 18.9 Å². The fourth-order valence-corrected chi connectivity index (χ4v) is 3.04. The van der Waals surface area contributed by atoms with Crippen LogP contribution in [-0.2, 0) is 12.0 Å². The first-order chi connectivity index (χ1) is 9.29. The summed E-state index contributed by atoms with van der Waals surface area (Å²) in [6, 6.07) is 4.58. The molecule has 2 N–H and O–H groups in total. The van der Waals surface area contributed by atoms with Crippen LogP contribution in [0.1, 0.15) is 18.1 Å². The summed E-state index contributed by atoms with van der Waals surface area (Å²) in [5.74, 6) is -0.532. The van der Waals surface area contributed by atoms with Gasteiger partial charge in [-0.15, -0.1) is 0 Å². The number of halogens is 4. The Labute approximate surface area is 135 Å². The summed E-state index contributed by atoms with van der Waals surface area (Å²) in [5, 5.41) is 0.336. The maximum Gasteiger partial charge on any atom is 0.142 e. The van der Waals surface area contributed by atoms with Crippen LogP contribution in [0.15, 0.2) is 35.1 Å². The first kappa shape index (κ1) is 15.7. The van der Waals surface area contributed by atoms with E-state index in [4.69, 9.17) is 28.9 Å². The molecule has 0 amide bonds. The van der Waals surface area contributed by atoms with E-state index in [1.165, 1.54) is 12.1 Å². The highest BCUT2D eigenvalue weighted by Gasteiger charge is 2.26. The molecule has 0 aliphatic rings. The molecule has 2 rings (SSSR count). The first-order valence-electron chi connectivity index (χ1n) is 5.83. The molecule has 0 radical (unpaired) electrons. The Balaban J connectivity index is 2.37. The number of nitrogens with zero attached hydrogens (tertiary/aromatic N) is 1. The maximum absolute atomic E-state index is 13.6. The summed E-state index contributed by atoms with van der Waals surface area (Å²) in [6.07, 6.45) is 3.88. The third-order valence-corrected chi connectivity index (χ3v) is 3.99. The van der Waals surface area contributed by atoms with E-state index in [1.54, 1.807) is 19.3 Å². The lowest BCUT2D eigenvalue weighted by Crippen LogP contribution is -2.36. The molecule has 2 aromatic rings. The van der Waals surface area contributed by atoms with Gasteiger partial charge < -0.3 is 5.73 Å². The van der Waals surface area contributed by atoms with E-state index >= 15 is 0 Å². The third kappa shape index (κ3) is 3.50. The van der Waals surface area contributed by atoms with Gasteiger partial charge in [-0.25, -0.2) is 4.39 Å². The smallest absolute Gasteiger partial charge is 0.142 e. The molecule has 0 saturated heterocycles. The minimum Gasteiger partial charge on any atom is -0.321 e. The molecule has 0 aliphatic heterocycles. The normalized spacial score (nSPS) is 14.1. The lowest BCUT2D eigenvalue weighted by atomic mass is 9.87. The van der Waals surface area contributed by atoms with Gasteiger partial charge in [-0.1, -0.05) is 23.2 Å². The molecule has 6 heteroatoms. The van der Waals surface area contributed by atoms with Crippen LogP contribution in [0.25, 0.3) is 0 Å². The topological polar surface area (TPSA) is 38.9 Å². The van der Waals surface area contributed by atoms with Gasteiger partial charge in [0.2, 0.25) is 0 Å². The van der Waals surface area contributed by atoms with Gasteiger partial charge in [0.15, 0.2) is 0 Å².